The smallest absolute Gasteiger partial charge is 0.302 e. The summed E-state index contributed by atoms with van der Waals surface area (Å²) in [5.74, 6) is -6.05. The van der Waals surface area contributed by atoms with E-state index in [2.05, 4.69) is 26.6 Å². The lowest BCUT2D eigenvalue weighted by molar-refractivity contribution is -0.277. The van der Waals surface area contributed by atoms with Crippen molar-refractivity contribution in [3.63, 3.8) is 0 Å². The maximum atomic E-state index is 12.9. The lowest BCUT2D eigenvalue weighted by Gasteiger charge is -2.39. The lowest BCUT2D eigenvalue weighted by atomic mass is 9.99. The summed E-state index contributed by atoms with van der Waals surface area (Å²) < 4.78 is 75.2. The number of hydrogen-bond acceptors (Lipinski definition) is 22. The van der Waals surface area contributed by atoms with Crippen molar-refractivity contribution in [2.75, 3.05) is 110 Å². The Kier molecular flexibility index (Phi) is 27.9. The SMILES string of the molecule is CC(=O)OCc1ccc(O[C@@H]2O[C@H](CO)[C@H](O)[C@H](O)[C@H]2O)c(NC(=O)CCNC(=O)COCCNC(=O)C(CS(=O)(=O)O)NC(=O)CCOCCOCCOCCOCCNC(=O)CCN2C(=O)C=CC2=O)c1. The predicted octanol–water partition coefficient (Wildman–Crippen LogP) is -5.23. The number of carbonyl (C=O) groups excluding carboxylic acids is 8. The number of nitrogens with zero attached hydrogens (tertiary/aromatic N) is 1. The van der Waals surface area contributed by atoms with Crippen molar-refractivity contribution in [1.82, 2.24) is 26.2 Å². The second-order valence-electron chi connectivity index (χ2n) is 15.7. The van der Waals surface area contributed by atoms with E-state index >= 15 is 0 Å². The Hall–Kier alpha value is -5.77. The summed E-state index contributed by atoms with van der Waals surface area (Å²) >= 11 is 0. The molecule has 0 bridgehead atoms. The number of carbonyl (C=O) groups is 8. The summed E-state index contributed by atoms with van der Waals surface area (Å²) in [7, 11) is -4.72. The van der Waals surface area contributed by atoms with Crippen molar-refractivity contribution in [2.24, 2.45) is 0 Å². The molecule has 7 amide bonds. The molecule has 73 heavy (non-hydrogen) atoms. The third-order valence-electron chi connectivity index (χ3n) is 9.95. The zero-order chi connectivity index (χ0) is 53.8. The molecule has 3 rings (SSSR count). The fourth-order valence-electron chi connectivity index (χ4n) is 6.26. The van der Waals surface area contributed by atoms with Crippen LogP contribution in [-0.4, -0.2) is 227 Å². The summed E-state index contributed by atoms with van der Waals surface area (Å²) in [5.41, 5.74) is 0.431. The molecule has 1 unspecified atom stereocenters. The molecule has 2 aliphatic rings. The first-order valence-electron chi connectivity index (χ1n) is 22.8. The normalized spacial score (nSPS) is 19.0. The first kappa shape index (κ1) is 61.5. The maximum absolute atomic E-state index is 12.9. The molecule has 0 aliphatic carbocycles. The number of aliphatic hydroxyl groups is 4. The average molecular weight is 1070 g/mol. The quantitative estimate of drug-likeness (QED) is 0.0130. The van der Waals surface area contributed by atoms with Crippen molar-refractivity contribution in [3.8, 4) is 5.75 Å². The summed E-state index contributed by atoms with van der Waals surface area (Å²) in [5, 5.41) is 52.3. The summed E-state index contributed by atoms with van der Waals surface area (Å²) in [6.45, 7) is 0.694. The lowest BCUT2D eigenvalue weighted by Crippen LogP contribution is -2.60. The van der Waals surface area contributed by atoms with Crippen LogP contribution in [0.1, 0.15) is 31.7 Å². The zero-order valence-corrected chi connectivity index (χ0v) is 40.7. The Bertz CT molecular complexity index is 2110. The Labute approximate surface area is 419 Å². The molecule has 0 aromatic heterocycles. The molecule has 10 N–H and O–H groups in total. The van der Waals surface area contributed by atoms with E-state index in [1.807, 2.05) is 0 Å². The van der Waals surface area contributed by atoms with Crippen molar-refractivity contribution in [3.05, 3.63) is 35.9 Å². The van der Waals surface area contributed by atoms with Crippen LogP contribution >= 0.6 is 0 Å². The second-order valence-corrected chi connectivity index (χ2v) is 17.2. The van der Waals surface area contributed by atoms with Gasteiger partial charge in [-0.05, 0) is 17.7 Å². The number of ether oxygens (including phenoxy) is 8. The minimum Gasteiger partial charge on any atom is -0.461 e. The van der Waals surface area contributed by atoms with Crippen LogP contribution in [0.2, 0.25) is 0 Å². The number of rotatable bonds is 36. The van der Waals surface area contributed by atoms with Gasteiger partial charge >= 0.3 is 5.97 Å². The minimum atomic E-state index is -4.72. The average Bonchev–Trinajstić information content (AvgIpc) is 3.66. The Balaban J connectivity index is 1.24. The molecule has 29 nitrogen and oxygen atoms in total. The maximum Gasteiger partial charge on any atom is 0.302 e. The Morgan fingerprint density at radius 3 is 1.95 bits per heavy atom. The fraction of sp³-hybridized carbons (Fsp3) is 0.628. The number of anilines is 1. The number of esters is 1. The number of amides is 7. The number of hydrogen-bond donors (Lipinski definition) is 10. The summed E-state index contributed by atoms with van der Waals surface area (Å²) in [6, 6.07) is 2.55. The van der Waals surface area contributed by atoms with Crippen molar-refractivity contribution in [1.29, 1.82) is 0 Å². The van der Waals surface area contributed by atoms with Crippen LogP contribution in [0, 0.1) is 0 Å². The minimum absolute atomic E-state index is 0.00938. The van der Waals surface area contributed by atoms with Gasteiger partial charge in [0.05, 0.1) is 71.8 Å². The molecule has 1 saturated heterocycles. The Morgan fingerprint density at radius 1 is 0.712 bits per heavy atom. The number of imide groups is 1. The number of aliphatic hydroxyl groups excluding tert-OH is 4. The van der Waals surface area contributed by atoms with Gasteiger partial charge in [0.25, 0.3) is 21.9 Å². The third kappa shape index (κ3) is 24.7. The van der Waals surface area contributed by atoms with Crippen LogP contribution in [0.3, 0.4) is 0 Å². The molecular formula is C43H64N6O23S. The van der Waals surface area contributed by atoms with E-state index < -0.39 is 107 Å². The van der Waals surface area contributed by atoms with Crippen molar-refractivity contribution < 1.29 is 110 Å². The van der Waals surface area contributed by atoms with E-state index in [0.29, 0.717) is 5.56 Å². The highest BCUT2D eigenvalue weighted by molar-refractivity contribution is 7.85. The third-order valence-corrected chi connectivity index (χ3v) is 10.7. The molecule has 1 fully saturated rings. The standard InChI is InChI=1S/C43H64N6O23S/c1-27(51)70-24-28-2-3-31(71-43-41(60)40(59)39(58)32(23-50)72-43)29(22-28)47-34(53)6-9-44-36(55)25-69-15-11-46-42(61)30(26-73(62,63)64)48-35(54)8-13-65-16-18-67-20-21-68-19-17-66-14-10-45-33(52)7-12-49-37(56)4-5-38(49)57/h2-5,22,30,32,39-41,43,50,58-60H,6-21,23-26H2,1H3,(H,44,55)(H,45,52)(H,46,61)(H,47,53)(H,48,54)(H,62,63,64)/t30?,32-,39+,40+,41-,43-/m1/s1. The van der Waals surface area contributed by atoms with E-state index in [1.165, 1.54) is 25.1 Å². The van der Waals surface area contributed by atoms with Gasteiger partial charge in [0.1, 0.15) is 55.2 Å². The van der Waals surface area contributed by atoms with Gasteiger partial charge in [-0.3, -0.25) is 47.8 Å². The topological polar surface area (TPSA) is 409 Å². The molecule has 410 valence electrons. The molecule has 6 atom stereocenters. The molecule has 2 heterocycles. The molecule has 1 aromatic carbocycles. The molecule has 1 aromatic rings. The van der Waals surface area contributed by atoms with Crippen LogP contribution < -0.4 is 31.3 Å². The molecule has 0 saturated carbocycles. The highest BCUT2D eigenvalue weighted by Gasteiger charge is 2.45. The van der Waals surface area contributed by atoms with Gasteiger partial charge < -0.3 is 84.9 Å². The van der Waals surface area contributed by atoms with Gasteiger partial charge in [0.2, 0.25) is 35.8 Å². The molecule has 0 radical (unpaired) electrons. The largest absolute Gasteiger partial charge is 0.461 e. The van der Waals surface area contributed by atoms with E-state index in [9.17, 15) is 71.8 Å². The van der Waals surface area contributed by atoms with E-state index in [-0.39, 0.29) is 129 Å². The summed E-state index contributed by atoms with van der Waals surface area (Å²) in [4.78, 5) is 97.6. The molecular weight excluding hydrogens is 1000 g/mol. The van der Waals surface area contributed by atoms with Crippen LogP contribution in [0.15, 0.2) is 30.4 Å². The van der Waals surface area contributed by atoms with E-state index in [1.54, 1.807) is 0 Å². The van der Waals surface area contributed by atoms with Gasteiger partial charge in [-0.25, -0.2) is 0 Å². The van der Waals surface area contributed by atoms with Gasteiger partial charge in [-0.15, -0.1) is 0 Å². The second kappa shape index (κ2) is 33.1. The highest BCUT2D eigenvalue weighted by Crippen LogP contribution is 2.31. The van der Waals surface area contributed by atoms with E-state index in [0.717, 1.165) is 17.1 Å². The van der Waals surface area contributed by atoms with Crippen LogP contribution in [0.5, 0.6) is 5.75 Å². The van der Waals surface area contributed by atoms with Crippen molar-refractivity contribution >= 4 is 63.1 Å². The first-order valence-corrected chi connectivity index (χ1v) is 24.4. The highest BCUT2D eigenvalue weighted by atomic mass is 32.2. The summed E-state index contributed by atoms with van der Waals surface area (Å²) in [6.07, 6.45) is -6.28. The number of nitrogens with one attached hydrogen (secondary N) is 5. The van der Waals surface area contributed by atoms with Crippen LogP contribution in [0.4, 0.5) is 5.69 Å². The monoisotopic (exact) mass is 1060 g/mol. The van der Waals surface area contributed by atoms with Gasteiger partial charge in [-0.2, -0.15) is 8.42 Å². The molecule has 0 spiro atoms. The molecule has 2 aliphatic heterocycles. The zero-order valence-electron chi connectivity index (χ0n) is 39.9. The number of benzene rings is 1. The first-order chi connectivity index (χ1) is 34.8. The van der Waals surface area contributed by atoms with Crippen LogP contribution in [-0.2, 0) is 88.2 Å². The van der Waals surface area contributed by atoms with Gasteiger partial charge in [0.15, 0.2) is 0 Å². The van der Waals surface area contributed by atoms with Crippen molar-refractivity contribution in [2.45, 2.75) is 69.5 Å². The molecule has 30 heteroatoms. The van der Waals surface area contributed by atoms with E-state index in [4.69, 9.17) is 37.9 Å². The van der Waals surface area contributed by atoms with Crippen LogP contribution in [0.25, 0.3) is 0 Å². The fourth-order valence-corrected chi connectivity index (χ4v) is 6.91. The van der Waals surface area contributed by atoms with Gasteiger partial charge in [-0.1, -0.05) is 6.07 Å². The Morgan fingerprint density at radius 2 is 1.32 bits per heavy atom. The van der Waals surface area contributed by atoms with Gasteiger partial charge in [0, 0.05) is 64.5 Å². The predicted molar refractivity (Wildman–Crippen MR) is 246 cm³/mol.